The van der Waals surface area contributed by atoms with Crippen molar-refractivity contribution in [2.24, 2.45) is 10.2 Å². The van der Waals surface area contributed by atoms with Crippen LogP contribution in [-0.2, 0) is 0 Å². The summed E-state index contributed by atoms with van der Waals surface area (Å²) in [6.45, 7) is 1.33. The molecule has 0 aliphatic heterocycles. The summed E-state index contributed by atoms with van der Waals surface area (Å²) in [4.78, 5) is 23.7. The number of nitrogens with one attached hydrogen (secondary N) is 1. The number of aromatic hydroxyl groups is 1. The number of para-hydroxylation sites is 1. The van der Waals surface area contributed by atoms with Crippen LogP contribution in [0.3, 0.4) is 0 Å². The molecule has 0 spiro atoms. The van der Waals surface area contributed by atoms with Gasteiger partial charge < -0.3 is 10.4 Å². The Balaban J connectivity index is 1.91. The van der Waals surface area contributed by atoms with Gasteiger partial charge in [0.2, 0.25) is 11.8 Å². The van der Waals surface area contributed by atoms with Gasteiger partial charge in [-0.25, -0.2) is 9.36 Å². The first-order valence-electron chi connectivity index (χ1n) is 7.29. The normalized spacial score (nSPS) is 11.1. The fourth-order valence-electron chi connectivity index (χ4n) is 2.40. The third-order valence-corrected chi connectivity index (χ3v) is 4.00. The molecule has 0 fully saturated rings. The number of urea groups is 1. The minimum atomic E-state index is -0.693. The van der Waals surface area contributed by atoms with Crippen LogP contribution in [0.4, 0.5) is 16.2 Å². The smallest absolute Gasteiger partial charge is 0.364 e. The van der Waals surface area contributed by atoms with Crippen molar-refractivity contribution in [3.63, 3.8) is 0 Å². The summed E-state index contributed by atoms with van der Waals surface area (Å²) in [6.07, 6.45) is 0. The Morgan fingerprint density at radius 2 is 1.80 bits per heavy atom. The molecule has 0 atom stereocenters. The first kappa shape index (κ1) is 16.8. The highest BCUT2D eigenvalue weighted by molar-refractivity contribution is 9.10. The van der Waals surface area contributed by atoms with Crippen molar-refractivity contribution in [1.29, 1.82) is 0 Å². The van der Waals surface area contributed by atoms with Crippen molar-refractivity contribution >= 4 is 50.1 Å². The highest BCUT2D eigenvalue weighted by Crippen LogP contribution is 2.38. The third-order valence-electron chi connectivity index (χ3n) is 3.47. The molecule has 3 rings (SSSR count). The molecule has 0 aliphatic carbocycles. The number of carbonyl (C=O) groups is 2. The summed E-state index contributed by atoms with van der Waals surface area (Å²) in [5, 5.41) is 20.8. The van der Waals surface area contributed by atoms with Gasteiger partial charge in [-0.1, -0.05) is 39.2 Å². The van der Waals surface area contributed by atoms with Gasteiger partial charge in [0.1, 0.15) is 0 Å². The van der Waals surface area contributed by atoms with E-state index in [-0.39, 0.29) is 17.5 Å². The van der Waals surface area contributed by atoms with E-state index < -0.39 is 6.03 Å². The fraction of sp³-hybridized carbons (Fsp3) is 0.0588. The summed E-state index contributed by atoms with van der Waals surface area (Å²) < 4.78 is 2.00. The number of rotatable bonds is 2. The Labute approximate surface area is 151 Å². The van der Waals surface area contributed by atoms with E-state index >= 15 is 0 Å². The number of nitrogens with zero attached hydrogens (tertiary/aromatic N) is 3. The maximum absolute atomic E-state index is 11.9. The Bertz CT molecular complexity index is 993. The van der Waals surface area contributed by atoms with Crippen LogP contribution in [0.1, 0.15) is 11.7 Å². The Morgan fingerprint density at radius 3 is 2.48 bits per heavy atom. The van der Waals surface area contributed by atoms with E-state index in [1.807, 2.05) is 0 Å². The minimum absolute atomic E-state index is 0.0664. The summed E-state index contributed by atoms with van der Waals surface area (Å²) in [5.41, 5.74) is 1.12. The second-order valence-electron chi connectivity index (χ2n) is 5.18. The van der Waals surface area contributed by atoms with E-state index in [2.05, 4.69) is 31.5 Å². The maximum Gasteiger partial charge on any atom is 0.364 e. The average molecular weight is 401 g/mol. The average Bonchev–Trinajstić information content (AvgIpc) is 2.86. The van der Waals surface area contributed by atoms with Crippen LogP contribution in [-0.4, -0.2) is 21.6 Å². The van der Waals surface area contributed by atoms with E-state index in [0.29, 0.717) is 16.6 Å². The largest absolute Gasteiger partial charge is 0.493 e. The minimum Gasteiger partial charge on any atom is -0.493 e. The molecule has 0 radical (unpaired) electrons. The lowest BCUT2D eigenvalue weighted by atomic mass is 10.2. The van der Waals surface area contributed by atoms with Crippen LogP contribution in [0.5, 0.6) is 5.88 Å². The molecule has 1 aromatic heterocycles. The van der Waals surface area contributed by atoms with Gasteiger partial charge >= 0.3 is 6.03 Å². The Kier molecular flexibility index (Phi) is 4.62. The molecule has 25 heavy (non-hydrogen) atoms. The van der Waals surface area contributed by atoms with Gasteiger partial charge in [-0.2, -0.15) is 0 Å². The number of fused-ring (bicyclic) bond motifs is 1. The van der Waals surface area contributed by atoms with Gasteiger partial charge in [-0.15, -0.1) is 5.11 Å². The van der Waals surface area contributed by atoms with Crippen LogP contribution in [0, 0.1) is 0 Å². The van der Waals surface area contributed by atoms with Crippen molar-refractivity contribution in [3.05, 3.63) is 53.0 Å². The number of azo groups is 1. The van der Waals surface area contributed by atoms with Crippen molar-refractivity contribution in [2.75, 3.05) is 5.32 Å². The topological polar surface area (TPSA) is 96.1 Å². The van der Waals surface area contributed by atoms with Crippen LogP contribution in [0.25, 0.3) is 10.9 Å². The monoisotopic (exact) mass is 400 g/mol. The zero-order chi connectivity index (χ0) is 18.0. The predicted octanol–water partition coefficient (Wildman–Crippen LogP) is 5.09. The molecule has 2 N–H and O–H groups in total. The first-order valence-corrected chi connectivity index (χ1v) is 8.08. The number of halogens is 1. The van der Waals surface area contributed by atoms with Crippen molar-refractivity contribution in [2.45, 2.75) is 6.92 Å². The second-order valence-corrected chi connectivity index (χ2v) is 6.10. The number of hydrogen-bond acceptors (Lipinski definition) is 4. The van der Waals surface area contributed by atoms with Gasteiger partial charge in [0, 0.05) is 22.5 Å². The summed E-state index contributed by atoms with van der Waals surface area (Å²) in [7, 11) is 0. The van der Waals surface area contributed by atoms with E-state index in [1.165, 1.54) is 6.92 Å². The number of anilines is 1. The van der Waals surface area contributed by atoms with Crippen molar-refractivity contribution in [1.82, 2.24) is 4.57 Å². The van der Waals surface area contributed by atoms with Gasteiger partial charge in [0.25, 0.3) is 0 Å². The third kappa shape index (κ3) is 3.43. The number of carbonyl (C=O) groups excluding carboxylic acids is 2. The molecular formula is C17H13BrN4O3. The fourth-order valence-corrected chi connectivity index (χ4v) is 2.67. The highest BCUT2D eigenvalue weighted by Gasteiger charge is 2.18. The van der Waals surface area contributed by atoms with E-state index in [1.54, 1.807) is 48.5 Å². The molecule has 0 unspecified atom stereocenters. The number of amides is 2. The number of benzene rings is 2. The lowest BCUT2D eigenvalue weighted by Crippen LogP contribution is -2.05. The molecule has 2 aromatic carbocycles. The highest BCUT2D eigenvalue weighted by atomic mass is 79.9. The molecular weight excluding hydrogens is 388 g/mol. The Hall–Kier alpha value is -3.00. The summed E-state index contributed by atoms with van der Waals surface area (Å²) in [6, 6.07) is 13.1. The van der Waals surface area contributed by atoms with E-state index in [4.69, 9.17) is 0 Å². The van der Waals surface area contributed by atoms with Crippen molar-refractivity contribution in [3.8, 4) is 5.88 Å². The summed E-state index contributed by atoms with van der Waals surface area (Å²) in [5.74, 6) is -0.719. The first-order chi connectivity index (χ1) is 12.0. The van der Waals surface area contributed by atoms with E-state index in [0.717, 1.165) is 9.04 Å². The van der Waals surface area contributed by atoms with E-state index in [9.17, 15) is 14.7 Å². The zero-order valence-electron chi connectivity index (χ0n) is 13.1. The van der Waals surface area contributed by atoms with Gasteiger partial charge in [-0.3, -0.25) is 4.79 Å². The standard InChI is InChI=1S/C17H13BrN4O3/c1-10(23)22-14-5-3-2-4-13(14)15(16(22)24)20-21-17(25)19-12-8-6-11(18)7-9-12/h2-9,24H,1H3,(H,19,25). The van der Waals surface area contributed by atoms with Gasteiger partial charge in [0.05, 0.1) is 5.52 Å². The van der Waals surface area contributed by atoms with Gasteiger partial charge in [-0.05, 0) is 30.3 Å². The lowest BCUT2D eigenvalue weighted by molar-refractivity contribution is 0.0933. The molecule has 126 valence electrons. The van der Waals surface area contributed by atoms with Crippen LogP contribution >= 0.6 is 15.9 Å². The molecule has 0 bridgehead atoms. The Morgan fingerprint density at radius 1 is 1.12 bits per heavy atom. The maximum atomic E-state index is 11.9. The van der Waals surface area contributed by atoms with Crippen molar-refractivity contribution < 1.29 is 14.7 Å². The van der Waals surface area contributed by atoms with Crippen LogP contribution < -0.4 is 5.32 Å². The molecule has 0 saturated heterocycles. The zero-order valence-corrected chi connectivity index (χ0v) is 14.7. The van der Waals surface area contributed by atoms with Gasteiger partial charge in [0.15, 0.2) is 5.69 Å². The molecule has 8 heteroatoms. The second kappa shape index (κ2) is 6.86. The lowest BCUT2D eigenvalue weighted by Gasteiger charge is -2.00. The summed E-state index contributed by atoms with van der Waals surface area (Å²) >= 11 is 3.31. The molecule has 3 aromatic rings. The molecule has 7 nitrogen and oxygen atoms in total. The van der Waals surface area contributed by atoms with Crippen LogP contribution in [0.15, 0.2) is 63.2 Å². The molecule has 0 aliphatic rings. The quantitative estimate of drug-likeness (QED) is 0.586. The molecule has 2 amide bonds. The SMILES string of the molecule is CC(=O)n1c(O)c(N=NC(=O)Nc2ccc(Br)cc2)c2ccccc21. The molecule has 0 saturated carbocycles. The molecule has 1 heterocycles. The predicted molar refractivity (Wildman–Crippen MR) is 97.6 cm³/mol. The number of aromatic nitrogens is 1. The van der Waals surface area contributed by atoms with Crippen LogP contribution in [0.2, 0.25) is 0 Å². The number of hydrogen-bond donors (Lipinski definition) is 2.